The topological polar surface area (TPSA) is 86.8 Å². The molecule has 0 aliphatic carbocycles. The first-order chi connectivity index (χ1) is 14.0. The summed E-state index contributed by atoms with van der Waals surface area (Å²) in [6.07, 6.45) is 1.63. The number of halogens is 1. The second-order valence-corrected chi connectivity index (χ2v) is 7.22. The maximum Gasteiger partial charge on any atom is 0.151 e. The molecule has 29 heavy (non-hydrogen) atoms. The molecular weight excluding hydrogens is 369 g/mol. The zero-order chi connectivity index (χ0) is 20.5. The summed E-state index contributed by atoms with van der Waals surface area (Å²) in [7, 11) is 1.65. The number of aromatic nitrogens is 1. The first kappa shape index (κ1) is 19.1. The van der Waals surface area contributed by atoms with Gasteiger partial charge >= 0.3 is 0 Å². The van der Waals surface area contributed by atoms with Gasteiger partial charge in [0.2, 0.25) is 0 Å². The van der Waals surface area contributed by atoms with Gasteiger partial charge in [-0.05, 0) is 31.2 Å². The summed E-state index contributed by atoms with van der Waals surface area (Å²) in [6.45, 7) is 5.20. The molecule has 1 saturated heterocycles. The van der Waals surface area contributed by atoms with Crippen LogP contribution in [0.2, 0.25) is 0 Å². The van der Waals surface area contributed by atoms with E-state index in [9.17, 15) is 9.50 Å². The number of nitrogen functional groups attached to an aromatic ring is 1. The maximum atomic E-state index is 14.9. The van der Waals surface area contributed by atoms with E-state index < -0.39 is 0 Å². The van der Waals surface area contributed by atoms with Gasteiger partial charge in [0.05, 0.1) is 5.69 Å². The van der Waals surface area contributed by atoms with Crippen LogP contribution in [0, 0.1) is 12.7 Å². The number of pyridine rings is 1. The van der Waals surface area contributed by atoms with E-state index in [1.165, 1.54) is 6.07 Å². The molecule has 0 atom stereocenters. The first-order valence-electron chi connectivity index (χ1n) is 9.60. The van der Waals surface area contributed by atoms with E-state index in [-0.39, 0.29) is 17.1 Å². The van der Waals surface area contributed by atoms with Crippen molar-refractivity contribution < 1.29 is 9.50 Å². The number of hydrogen-bond donors (Lipinski definition) is 3. The molecule has 2 heterocycles. The predicted molar refractivity (Wildman–Crippen MR) is 117 cm³/mol. The molecule has 6 nitrogen and oxygen atoms in total. The van der Waals surface area contributed by atoms with E-state index in [4.69, 9.17) is 5.73 Å². The van der Waals surface area contributed by atoms with E-state index in [1.807, 2.05) is 12.1 Å². The van der Waals surface area contributed by atoms with Crippen molar-refractivity contribution in [3.8, 4) is 17.0 Å². The molecule has 1 aliphatic heterocycles. The predicted octanol–water partition coefficient (Wildman–Crippen LogP) is 3.10. The van der Waals surface area contributed by atoms with Crippen molar-refractivity contribution >= 4 is 28.5 Å². The van der Waals surface area contributed by atoms with Gasteiger partial charge in [-0.2, -0.15) is 0 Å². The minimum absolute atomic E-state index is 0.0421. The summed E-state index contributed by atoms with van der Waals surface area (Å²) in [6, 6.07) is 8.86. The highest BCUT2D eigenvalue weighted by molar-refractivity contribution is 5.93. The van der Waals surface area contributed by atoms with E-state index in [2.05, 4.69) is 20.2 Å². The lowest BCUT2D eigenvalue weighted by Crippen LogP contribution is -2.43. The van der Waals surface area contributed by atoms with Gasteiger partial charge in [0.15, 0.2) is 5.82 Å². The minimum atomic E-state index is -0.375. The fourth-order valence-corrected chi connectivity index (χ4v) is 3.72. The molecule has 0 saturated carbocycles. The van der Waals surface area contributed by atoms with Crippen molar-refractivity contribution in [2.24, 2.45) is 4.99 Å². The number of fused-ring (bicyclic) bond motifs is 1. The Kier molecular flexibility index (Phi) is 5.07. The second kappa shape index (κ2) is 7.67. The van der Waals surface area contributed by atoms with E-state index in [0.717, 1.165) is 37.3 Å². The smallest absolute Gasteiger partial charge is 0.151 e. The Morgan fingerprint density at radius 1 is 1.24 bits per heavy atom. The molecule has 1 aromatic heterocycles. The van der Waals surface area contributed by atoms with Crippen LogP contribution in [-0.2, 0) is 0 Å². The Balaban J connectivity index is 1.81. The highest BCUT2D eigenvalue weighted by Gasteiger charge is 2.17. The molecule has 0 spiro atoms. The van der Waals surface area contributed by atoms with Gasteiger partial charge in [-0.3, -0.25) is 4.99 Å². The highest BCUT2D eigenvalue weighted by atomic mass is 19.1. The Hall–Kier alpha value is -3.19. The van der Waals surface area contributed by atoms with Gasteiger partial charge in [-0.1, -0.05) is 6.07 Å². The fraction of sp³-hybridized carbons (Fsp3) is 0.273. The molecule has 3 aromatic rings. The Bertz CT molecular complexity index is 1110. The summed E-state index contributed by atoms with van der Waals surface area (Å²) in [5.74, 6) is -0.333. The van der Waals surface area contributed by atoms with Crippen LogP contribution in [0.4, 0.5) is 15.8 Å². The Morgan fingerprint density at radius 2 is 2.00 bits per heavy atom. The van der Waals surface area contributed by atoms with Crippen LogP contribution in [0.25, 0.3) is 22.2 Å². The molecule has 4 N–H and O–H groups in total. The monoisotopic (exact) mass is 393 g/mol. The van der Waals surface area contributed by atoms with Crippen LogP contribution in [0.3, 0.4) is 0 Å². The number of nitrogens with zero attached hydrogens (tertiary/aromatic N) is 3. The Labute approximate surface area is 168 Å². The molecule has 4 rings (SSSR count). The van der Waals surface area contributed by atoms with Crippen molar-refractivity contribution in [3.63, 3.8) is 0 Å². The van der Waals surface area contributed by atoms with Gasteiger partial charge in [0.25, 0.3) is 0 Å². The second-order valence-electron chi connectivity index (χ2n) is 7.22. The average Bonchev–Trinajstić information content (AvgIpc) is 2.74. The average molecular weight is 393 g/mol. The molecule has 0 amide bonds. The van der Waals surface area contributed by atoms with Gasteiger partial charge in [0.1, 0.15) is 11.3 Å². The lowest BCUT2D eigenvalue weighted by Gasteiger charge is -2.29. The number of aromatic hydroxyl groups is 1. The van der Waals surface area contributed by atoms with Crippen LogP contribution in [0.15, 0.2) is 35.3 Å². The van der Waals surface area contributed by atoms with Gasteiger partial charge in [-0.15, -0.1) is 0 Å². The molecular formula is C22H24FN5O. The largest absolute Gasteiger partial charge is 0.507 e. The molecule has 2 aromatic carbocycles. The lowest BCUT2D eigenvalue weighted by atomic mass is 9.99. The number of rotatable bonds is 3. The van der Waals surface area contributed by atoms with Crippen molar-refractivity contribution in [1.29, 1.82) is 0 Å². The van der Waals surface area contributed by atoms with Crippen LogP contribution in [0.5, 0.6) is 5.75 Å². The quantitative estimate of drug-likeness (QED) is 0.470. The summed E-state index contributed by atoms with van der Waals surface area (Å²) < 4.78 is 14.9. The summed E-state index contributed by atoms with van der Waals surface area (Å²) in [5.41, 5.74) is 9.90. The van der Waals surface area contributed by atoms with Crippen molar-refractivity contribution in [2.45, 2.75) is 6.92 Å². The van der Waals surface area contributed by atoms with Crippen LogP contribution in [0.1, 0.15) is 11.1 Å². The number of nitrogens with two attached hydrogens (primary N) is 1. The third kappa shape index (κ3) is 3.49. The third-order valence-electron chi connectivity index (χ3n) is 5.38. The number of aliphatic imine (C=N–C) groups is 1. The first-order valence-corrected chi connectivity index (χ1v) is 9.60. The van der Waals surface area contributed by atoms with Crippen molar-refractivity contribution in [1.82, 2.24) is 10.3 Å². The normalized spacial score (nSPS) is 14.8. The van der Waals surface area contributed by atoms with Gasteiger partial charge < -0.3 is 21.1 Å². The zero-order valence-corrected chi connectivity index (χ0v) is 16.5. The van der Waals surface area contributed by atoms with Crippen LogP contribution in [-0.4, -0.2) is 49.5 Å². The SMILES string of the molecule is CN=Cc1cc(-c2ccc3cc(N4CCNCC4)cc(F)c3n2)c(O)c(C)c1N. The molecule has 0 radical (unpaired) electrons. The summed E-state index contributed by atoms with van der Waals surface area (Å²) in [5, 5.41) is 14.6. The molecule has 1 fully saturated rings. The van der Waals surface area contributed by atoms with Gasteiger partial charge in [0, 0.05) is 72.9 Å². The number of nitrogens with one attached hydrogen (secondary N) is 1. The molecule has 0 unspecified atom stereocenters. The minimum Gasteiger partial charge on any atom is -0.507 e. The maximum absolute atomic E-state index is 14.9. The van der Waals surface area contributed by atoms with Crippen molar-refractivity contribution in [3.05, 3.63) is 47.3 Å². The summed E-state index contributed by atoms with van der Waals surface area (Å²) >= 11 is 0. The number of hydrogen-bond acceptors (Lipinski definition) is 6. The van der Waals surface area contributed by atoms with E-state index >= 15 is 0 Å². The number of phenolic OH excluding ortho intramolecular Hbond substituents is 1. The van der Waals surface area contributed by atoms with Crippen LogP contribution >= 0.6 is 0 Å². The standard InChI is InChI=1S/C22H24FN5O/c1-13-20(24)15(12-25-2)10-17(22(13)29)19-4-3-14-9-16(11-18(23)21(14)27-19)28-7-5-26-6-8-28/h3-4,9-12,26,29H,5-8,24H2,1-2H3. The van der Waals surface area contributed by atoms with Crippen molar-refractivity contribution in [2.75, 3.05) is 43.9 Å². The number of phenols is 1. The van der Waals surface area contributed by atoms with Gasteiger partial charge in [-0.25, -0.2) is 9.37 Å². The number of anilines is 2. The number of piperazine rings is 1. The Morgan fingerprint density at radius 3 is 2.72 bits per heavy atom. The highest BCUT2D eigenvalue weighted by Crippen LogP contribution is 2.37. The zero-order valence-electron chi connectivity index (χ0n) is 16.5. The molecule has 1 aliphatic rings. The van der Waals surface area contributed by atoms with Crippen LogP contribution < -0.4 is 16.0 Å². The molecule has 7 heteroatoms. The number of benzene rings is 2. The lowest BCUT2D eigenvalue weighted by molar-refractivity contribution is 0.473. The summed E-state index contributed by atoms with van der Waals surface area (Å²) in [4.78, 5) is 10.7. The molecule has 0 bridgehead atoms. The molecule has 150 valence electrons. The van der Waals surface area contributed by atoms with E-state index in [0.29, 0.717) is 28.1 Å². The van der Waals surface area contributed by atoms with E-state index in [1.54, 1.807) is 32.3 Å². The third-order valence-corrected chi connectivity index (χ3v) is 5.38. The fourth-order valence-electron chi connectivity index (χ4n) is 3.72.